The first-order valence-electron chi connectivity index (χ1n) is 9.67. The summed E-state index contributed by atoms with van der Waals surface area (Å²) >= 11 is 3.38. The topological polar surface area (TPSA) is 86.9 Å². The number of hydrogen-bond acceptors (Lipinski definition) is 7. The second-order valence-electron chi connectivity index (χ2n) is 6.70. The van der Waals surface area contributed by atoms with Crippen LogP contribution in [0, 0.1) is 0 Å². The Morgan fingerprint density at radius 2 is 1.84 bits per heavy atom. The molecule has 0 aliphatic carbocycles. The Balaban J connectivity index is 1.48. The number of hydrogen-bond donors (Lipinski definition) is 0. The molecule has 8 nitrogen and oxygen atoms in total. The van der Waals surface area contributed by atoms with Crippen molar-refractivity contribution in [1.82, 2.24) is 15.0 Å². The Labute approximate surface area is 189 Å². The number of aromatic nitrogens is 2. The van der Waals surface area contributed by atoms with Gasteiger partial charge in [-0.1, -0.05) is 21.1 Å². The molecule has 0 atom stereocenters. The van der Waals surface area contributed by atoms with Gasteiger partial charge in [-0.05, 0) is 42.5 Å². The monoisotopic (exact) mass is 489 g/mol. The summed E-state index contributed by atoms with van der Waals surface area (Å²) in [4.78, 5) is 18.4. The Morgan fingerprint density at radius 3 is 2.55 bits per heavy atom. The molecular formula is C22H24BrN3O5. The summed E-state index contributed by atoms with van der Waals surface area (Å²) in [5, 5.41) is 4.00. The fraction of sp³-hybridized carbons (Fsp3) is 0.318. The van der Waals surface area contributed by atoms with E-state index < -0.39 is 0 Å². The maximum Gasteiger partial charge on any atom is 0.227 e. The molecule has 31 heavy (non-hydrogen) atoms. The van der Waals surface area contributed by atoms with E-state index in [1.54, 1.807) is 38.3 Å². The van der Waals surface area contributed by atoms with Crippen molar-refractivity contribution in [2.45, 2.75) is 12.8 Å². The van der Waals surface area contributed by atoms with Crippen LogP contribution in [0.1, 0.15) is 12.3 Å². The van der Waals surface area contributed by atoms with Crippen molar-refractivity contribution in [2.75, 3.05) is 34.4 Å². The SMILES string of the molecule is COc1ccc(-c2noc(CCC(=O)N(C)CCOc3ccc(Br)cc3)n2)cc1OC. The summed E-state index contributed by atoms with van der Waals surface area (Å²) in [6.07, 6.45) is 0.624. The first-order chi connectivity index (χ1) is 15.0. The number of likely N-dealkylation sites (N-methyl/N-ethyl adjacent to an activating group) is 1. The molecule has 0 radical (unpaired) electrons. The van der Waals surface area contributed by atoms with Crippen molar-refractivity contribution in [3.8, 4) is 28.6 Å². The minimum Gasteiger partial charge on any atom is -0.493 e. The molecule has 3 rings (SSSR count). The second-order valence-corrected chi connectivity index (χ2v) is 7.61. The first kappa shape index (κ1) is 22.6. The lowest BCUT2D eigenvalue weighted by Crippen LogP contribution is -2.31. The predicted octanol–water partition coefficient (Wildman–Crippen LogP) is 3.99. The van der Waals surface area contributed by atoms with E-state index in [0.29, 0.717) is 42.8 Å². The molecule has 1 heterocycles. The van der Waals surface area contributed by atoms with Crippen molar-refractivity contribution >= 4 is 21.8 Å². The smallest absolute Gasteiger partial charge is 0.227 e. The van der Waals surface area contributed by atoms with E-state index in [4.69, 9.17) is 18.7 Å². The highest BCUT2D eigenvalue weighted by Crippen LogP contribution is 2.31. The minimum atomic E-state index is -0.0229. The summed E-state index contributed by atoms with van der Waals surface area (Å²) in [5.74, 6) is 2.77. The fourth-order valence-corrected chi connectivity index (χ4v) is 3.07. The summed E-state index contributed by atoms with van der Waals surface area (Å²) in [7, 11) is 4.89. The molecule has 0 aliphatic rings. The summed E-state index contributed by atoms with van der Waals surface area (Å²) in [5.41, 5.74) is 0.737. The highest BCUT2D eigenvalue weighted by Gasteiger charge is 2.15. The number of nitrogens with zero attached hydrogens (tertiary/aromatic N) is 3. The van der Waals surface area contributed by atoms with Crippen molar-refractivity contribution in [2.24, 2.45) is 0 Å². The minimum absolute atomic E-state index is 0.0229. The highest BCUT2D eigenvalue weighted by molar-refractivity contribution is 9.10. The highest BCUT2D eigenvalue weighted by atomic mass is 79.9. The number of ether oxygens (including phenoxy) is 3. The zero-order valence-corrected chi connectivity index (χ0v) is 19.2. The van der Waals surface area contributed by atoms with E-state index in [9.17, 15) is 4.79 Å². The lowest BCUT2D eigenvalue weighted by Gasteiger charge is -2.17. The van der Waals surface area contributed by atoms with Crippen LogP contribution in [0.2, 0.25) is 0 Å². The van der Waals surface area contributed by atoms with E-state index in [-0.39, 0.29) is 12.3 Å². The van der Waals surface area contributed by atoms with Gasteiger partial charge in [-0.25, -0.2) is 0 Å². The van der Waals surface area contributed by atoms with E-state index in [2.05, 4.69) is 26.1 Å². The Kier molecular flexibility index (Phi) is 7.88. The van der Waals surface area contributed by atoms with Crippen LogP contribution in [0.3, 0.4) is 0 Å². The van der Waals surface area contributed by atoms with Gasteiger partial charge < -0.3 is 23.6 Å². The molecule has 3 aromatic rings. The molecule has 164 valence electrons. The van der Waals surface area contributed by atoms with Crippen LogP contribution in [0.25, 0.3) is 11.4 Å². The first-order valence-corrected chi connectivity index (χ1v) is 10.5. The van der Waals surface area contributed by atoms with Crippen molar-refractivity contribution < 1.29 is 23.5 Å². The van der Waals surface area contributed by atoms with Gasteiger partial charge in [0.25, 0.3) is 0 Å². The number of aryl methyl sites for hydroxylation is 1. The normalized spacial score (nSPS) is 10.6. The van der Waals surface area contributed by atoms with E-state index in [1.165, 1.54) is 0 Å². The zero-order chi connectivity index (χ0) is 22.2. The van der Waals surface area contributed by atoms with Crippen LogP contribution in [0.5, 0.6) is 17.2 Å². The molecule has 2 aromatic carbocycles. The van der Waals surface area contributed by atoms with Gasteiger partial charge in [0.2, 0.25) is 17.6 Å². The molecule has 0 bridgehead atoms. The fourth-order valence-electron chi connectivity index (χ4n) is 2.81. The molecular weight excluding hydrogens is 466 g/mol. The maximum absolute atomic E-state index is 12.4. The molecule has 0 saturated heterocycles. The molecule has 0 fully saturated rings. The molecule has 1 aromatic heterocycles. The predicted molar refractivity (Wildman–Crippen MR) is 118 cm³/mol. The van der Waals surface area contributed by atoms with Crippen molar-refractivity contribution in [3.63, 3.8) is 0 Å². The lowest BCUT2D eigenvalue weighted by molar-refractivity contribution is -0.130. The van der Waals surface area contributed by atoms with Gasteiger partial charge in [0.05, 0.1) is 20.8 Å². The van der Waals surface area contributed by atoms with Crippen molar-refractivity contribution in [3.05, 3.63) is 52.8 Å². The lowest BCUT2D eigenvalue weighted by atomic mass is 10.2. The van der Waals surface area contributed by atoms with Gasteiger partial charge in [-0.15, -0.1) is 0 Å². The number of amides is 1. The van der Waals surface area contributed by atoms with Crippen molar-refractivity contribution in [1.29, 1.82) is 0 Å². The van der Waals surface area contributed by atoms with Crippen LogP contribution < -0.4 is 14.2 Å². The van der Waals surface area contributed by atoms with E-state index in [1.807, 2.05) is 30.3 Å². The average molecular weight is 490 g/mol. The third-order valence-electron chi connectivity index (χ3n) is 4.60. The second kappa shape index (κ2) is 10.8. The van der Waals surface area contributed by atoms with E-state index >= 15 is 0 Å². The molecule has 1 amide bonds. The number of rotatable bonds is 10. The molecule has 9 heteroatoms. The zero-order valence-electron chi connectivity index (χ0n) is 17.6. The number of halogens is 1. The van der Waals surface area contributed by atoms with Gasteiger partial charge in [0, 0.05) is 29.9 Å². The maximum atomic E-state index is 12.4. The van der Waals surface area contributed by atoms with E-state index in [0.717, 1.165) is 15.8 Å². The number of carbonyl (C=O) groups excluding carboxylic acids is 1. The summed E-state index contributed by atoms with van der Waals surface area (Å²) < 4.78 is 22.5. The largest absolute Gasteiger partial charge is 0.493 e. The number of carbonyl (C=O) groups is 1. The molecule has 0 spiro atoms. The average Bonchev–Trinajstić information content (AvgIpc) is 3.27. The van der Waals surface area contributed by atoms with Crippen LogP contribution in [0.15, 0.2) is 51.5 Å². The molecule has 0 aliphatic heterocycles. The Hall–Kier alpha value is -3.07. The van der Waals surface area contributed by atoms with Crippen LogP contribution in [0.4, 0.5) is 0 Å². The molecule has 0 saturated carbocycles. The van der Waals surface area contributed by atoms with Gasteiger partial charge in [0.15, 0.2) is 11.5 Å². The van der Waals surface area contributed by atoms with Gasteiger partial charge in [0.1, 0.15) is 12.4 Å². The Bertz CT molecular complexity index is 1010. The third-order valence-corrected chi connectivity index (χ3v) is 5.13. The molecule has 0 unspecified atom stereocenters. The standard InChI is InChI=1S/C22H24BrN3O5/c1-26(12-13-30-17-7-5-16(23)6-8-17)21(27)11-10-20-24-22(25-31-20)15-4-9-18(28-2)19(14-15)29-3/h4-9,14H,10-13H2,1-3H3. The molecule has 0 N–H and O–H groups in total. The van der Waals surface area contributed by atoms with Crippen LogP contribution >= 0.6 is 15.9 Å². The van der Waals surface area contributed by atoms with Crippen LogP contribution in [-0.2, 0) is 11.2 Å². The Morgan fingerprint density at radius 1 is 1.10 bits per heavy atom. The third kappa shape index (κ3) is 6.21. The number of methoxy groups -OCH3 is 2. The van der Waals surface area contributed by atoms with Crippen LogP contribution in [-0.4, -0.2) is 55.4 Å². The van der Waals surface area contributed by atoms with Gasteiger partial charge in [-0.2, -0.15) is 4.98 Å². The van der Waals surface area contributed by atoms with Gasteiger partial charge >= 0.3 is 0 Å². The summed E-state index contributed by atoms with van der Waals surface area (Å²) in [6.45, 7) is 0.892. The van der Waals surface area contributed by atoms with Gasteiger partial charge in [-0.3, -0.25) is 4.79 Å². The number of benzene rings is 2. The summed E-state index contributed by atoms with van der Waals surface area (Å²) in [6, 6.07) is 12.9. The quantitative estimate of drug-likeness (QED) is 0.425.